The van der Waals surface area contributed by atoms with Crippen LogP contribution in [0.25, 0.3) is 22.5 Å². The highest BCUT2D eigenvalue weighted by atomic mass is 35.5. The molecule has 2 heterocycles. The van der Waals surface area contributed by atoms with Gasteiger partial charge in [0.1, 0.15) is 17.6 Å². The molecule has 1 amide bonds. The van der Waals surface area contributed by atoms with Gasteiger partial charge in [0, 0.05) is 36.2 Å². The lowest BCUT2D eigenvalue weighted by Gasteiger charge is -2.28. The Hall–Kier alpha value is -4.23. The number of halogens is 1. The number of aromatic nitrogens is 2. The van der Waals surface area contributed by atoms with Gasteiger partial charge in [-0.25, -0.2) is 14.8 Å². The van der Waals surface area contributed by atoms with Crippen LogP contribution in [-0.4, -0.2) is 46.1 Å². The van der Waals surface area contributed by atoms with E-state index in [-0.39, 0.29) is 12.1 Å². The van der Waals surface area contributed by atoms with Crippen molar-refractivity contribution in [2.45, 2.75) is 31.7 Å². The zero-order valence-corrected chi connectivity index (χ0v) is 22.1. The Balaban J connectivity index is 1.44. The molecule has 2 N–H and O–H groups in total. The number of carbonyl (C=O) groups is 2. The molecule has 1 fully saturated rings. The molecule has 1 aliphatic heterocycles. The Kier molecular flexibility index (Phi) is 8.18. The molecule has 5 rings (SSSR count). The van der Waals surface area contributed by atoms with Crippen molar-refractivity contribution in [3.8, 4) is 22.5 Å². The van der Waals surface area contributed by atoms with Crippen LogP contribution in [0.5, 0.6) is 0 Å². The molecule has 7 nitrogen and oxygen atoms in total. The van der Waals surface area contributed by atoms with Crippen LogP contribution in [0, 0.1) is 0 Å². The van der Waals surface area contributed by atoms with Crippen LogP contribution in [0.2, 0.25) is 5.02 Å². The number of rotatable bonds is 8. The Morgan fingerprint density at radius 3 is 2.15 bits per heavy atom. The molecule has 1 aliphatic rings. The first-order chi connectivity index (χ1) is 19.0. The topological polar surface area (TPSA) is 95.4 Å². The van der Waals surface area contributed by atoms with Crippen molar-refractivity contribution in [2.75, 3.05) is 18.0 Å². The van der Waals surface area contributed by atoms with Gasteiger partial charge in [0.05, 0.1) is 0 Å². The van der Waals surface area contributed by atoms with Gasteiger partial charge in [0.25, 0.3) is 5.91 Å². The first-order valence-electron chi connectivity index (χ1n) is 13.0. The molecule has 0 radical (unpaired) electrons. The van der Waals surface area contributed by atoms with Crippen LogP contribution in [0.15, 0.2) is 84.9 Å². The van der Waals surface area contributed by atoms with Gasteiger partial charge in [0.2, 0.25) is 0 Å². The van der Waals surface area contributed by atoms with Crippen LogP contribution in [0.4, 0.5) is 5.82 Å². The third-order valence-electron chi connectivity index (χ3n) is 6.83. The van der Waals surface area contributed by atoms with Gasteiger partial charge in [-0.3, -0.25) is 4.79 Å². The van der Waals surface area contributed by atoms with E-state index in [0.717, 1.165) is 54.6 Å². The Morgan fingerprint density at radius 2 is 1.49 bits per heavy atom. The highest BCUT2D eigenvalue weighted by Gasteiger charge is 2.24. The number of nitrogens with zero attached hydrogens (tertiary/aromatic N) is 3. The van der Waals surface area contributed by atoms with E-state index in [1.807, 2.05) is 54.6 Å². The highest BCUT2D eigenvalue weighted by molar-refractivity contribution is 6.30. The van der Waals surface area contributed by atoms with Crippen LogP contribution in [0.1, 0.15) is 35.3 Å². The summed E-state index contributed by atoms with van der Waals surface area (Å²) in [7, 11) is 0. The first-order valence-corrected chi connectivity index (χ1v) is 13.4. The second kappa shape index (κ2) is 12.1. The minimum atomic E-state index is -1.12. The molecule has 1 aromatic heterocycles. The fourth-order valence-corrected chi connectivity index (χ4v) is 4.82. The van der Waals surface area contributed by atoms with Gasteiger partial charge in [-0.05, 0) is 48.1 Å². The van der Waals surface area contributed by atoms with E-state index >= 15 is 0 Å². The third-order valence-corrected chi connectivity index (χ3v) is 7.08. The molecule has 4 aromatic rings. The van der Waals surface area contributed by atoms with Crippen LogP contribution >= 0.6 is 11.6 Å². The molecule has 1 unspecified atom stereocenters. The monoisotopic (exact) mass is 540 g/mol. The Labute approximate surface area is 232 Å². The van der Waals surface area contributed by atoms with Gasteiger partial charge in [-0.1, -0.05) is 78.3 Å². The molecule has 0 saturated carbocycles. The maximum atomic E-state index is 13.4. The standard InChI is InChI=1S/C31H29ClN4O3/c32-25-15-9-21(10-16-25)19-27(31(38)39)34-30(37)26-20-28(36-17-5-2-6-18-36)35-29(33-26)24-13-11-23(12-14-24)22-7-3-1-4-8-22/h1,3-4,7-16,20,27H,2,5-6,17-19H2,(H,34,37)(H,38,39). The third kappa shape index (κ3) is 6.62. The normalized spacial score (nSPS) is 14.0. The predicted octanol–water partition coefficient (Wildman–Crippen LogP) is 5.88. The van der Waals surface area contributed by atoms with E-state index in [0.29, 0.717) is 16.7 Å². The van der Waals surface area contributed by atoms with Crippen molar-refractivity contribution in [1.82, 2.24) is 15.3 Å². The fourth-order valence-electron chi connectivity index (χ4n) is 4.70. The number of carboxylic acids is 1. The van der Waals surface area contributed by atoms with Crippen molar-refractivity contribution in [3.05, 3.63) is 101 Å². The van der Waals surface area contributed by atoms with Crippen LogP contribution in [0.3, 0.4) is 0 Å². The van der Waals surface area contributed by atoms with Gasteiger partial charge in [0.15, 0.2) is 5.82 Å². The number of nitrogens with one attached hydrogen (secondary N) is 1. The lowest BCUT2D eigenvalue weighted by molar-refractivity contribution is -0.139. The number of hydrogen-bond donors (Lipinski definition) is 2. The van der Waals surface area contributed by atoms with E-state index in [1.54, 1.807) is 30.3 Å². The first kappa shape index (κ1) is 26.4. The molecule has 8 heteroatoms. The Bertz CT molecular complexity index is 1440. The van der Waals surface area contributed by atoms with Gasteiger partial charge < -0.3 is 15.3 Å². The van der Waals surface area contributed by atoms with E-state index in [1.165, 1.54) is 0 Å². The van der Waals surface area contributed by atoms with E-state index in [9.17, 15) is 14.7 Å². The van der Waals surface area contributed by atoms with Crippen molar-refractivity contribution in [2.24, 2.45) is 0 Å². The van der Waals surface area contributed by atoms with E-state index in [2.05, 4.69) is 15.2 Å². The number of aliphatic carboxylic acids is 1. The number of carbonyl (C=O) groups excluding carboxylic acids is 1. The molecule has 0 aliphatic carbocycles. The van der Waals surface area contributed by atoms with Gasteiger partial charge in [-0.15, -0.1) is 0 Å². The lowest BCUT2D eigenvalue weighted by atomic mass is 10.0. The number of carboxylic acid groups (broad SMARTS) is 1. The summed E-state index contributed by atoms with van der Waals surface area (Å²) in [6.07, 6.45) is 3.38. The molecule has 198 valence electrons. The Morgan fingerprint density at radius 1 is 0.846 bits per heavy atom. The molecule has 1 saturated heterocycles. The summed E-state index contributed by atoms with van der Waals surface area (Å²) in [4.78, 5) is 36.9. The maximum Gasteiger partial charge on any atom is 0.326 e. The number of hydrogen-bond acceptors (Lipinski definition) is 5. The number of piperidine rings is 1. The molecule has 39 heavy (non-hydrogen) atoms. The molecular weight excluding hydrogens is 512 g/mol. The summed E-state index contributed by atoms with van der Waals surface area (Å²) < 4.78 is 0. The minimum absolute atomic E-state index is 0.121. The fraction of sp³-hybridized carbons (Fsp3) is 0.226. The zero-order valence-electron chi connectivity index (χ0n) is 21.4. The second-order valence-corrected chi connectivity index (χ2v) is 10.1. The van der Waals surface area contributed by atoms with Gasteiger partial charge >= 0.3 is 5.97 Å². The largest absolute Gasteiger partial charge is 0.480 e. The summed E-state index contributed by atoms with van der Waals surface area (Å²) in [6.45, 7) is 1.69. The van der Waals surface area contributed by atoms with Crippen LogP contribution < -0.4 is 10.2 Å². The molecule has 0 bridgehead atoms. The lowest BCUT2D eigenvalue weighted by Crippen LogP contribution is -2.42. The molecule has 1 atom stereocenters. The summed E-state index contributed by atoms with van der Waals surface area (Å²) in [6, 6.07) is 25.4. The van der Waals surface area contributed by atoms with Crippen molar-refractivity contribution in [1.29, 1.82) is 0 Å². The summed E-state index contributed by atoms with van der Waals surface area (Å²) >= 11 is 5.95. The quantitative estimate of drug-likeness (QED) is 0.290. The average Bonchev–Trinajstić information content (AvgIpc) is 2.98. The van der Waals surface area contributed by atoms with E-state index in [4.69, 9.17) is 16.6 Å². The maximum absolute atomic E-state index is 13.4. The predicted molar refractivity (Wildman–Crippen MR) is 153 cm³/mol. The summed E-state index contributed by atoms with van der Waals surface area (Å²) in [5.41, 5.74) is 3.83. The number of benzene rings is 3. The van der Waals surface area contributed by atoms with E-state index < -0.39 is 17.9 Å². The second-order valence-electron chi connectivity index (χ2n) is 9.62. The van der Waals surface area contributed by atoms with Crippen LogP contribution in [-0.2, 0) is 11.2 Å². The average molecular weight is 541 g/mol. The zero-order chi connectivity index (χ0) is 27.2. The van der Waals surface area contributed by atoms with Gasteiger partial charge in [-0.2, -0.15) is 0 Å². The number of amides is 1. The van der Waals surface area contributed by atoms with Crippen molar-refractivity contribution >= 4 is 29.3 Å². The molecule has 0 spiro atoms. The number of anilines is 1. The SMILES string of the molecule is O=C(NC(Cc1ccc(Cl)cc1)C(=O)O)c1cc(N2CCCCC2)nc(-c2ccc(-c3ccccc3)cc2)n1. The highest BCUT2D eigenvalue weighted by Crippen LogP contribution is 2.26. The summed E-state index contributed by atoms with van der Waals surface area (Å²) in [5, 5.41) is 13.0. The van der Waals surface area contributed by atoms with Crippen molar-refractivity contribution < 1.29 is 14.7 Å². The minimum Gasteiger partial charge on any atom is -0.480 e. The summed E-state index contributed by atoms with van der Waals surface area (Å²) in [5.74, 6) is -0.589. The smallest absolute Gasteiger partial charge is 0.326 e. The molecular formula is C31H29ClN4O3. The molecule has 3 aromatic carbocycles. The van der Waals surface area contributed by atoms with Crippen molar-refractivity contribution in [3.63, 3.8) is 0 Å².